The Bertz CT molecular complexity index is 519. The van der Waals surface area contributed by atoms with Gasteiger partial charge in [-0.25, -0.2) is 4.79 Å². The van der Waals surface area contributed by atoms with Crippen molar-refractivity contribution in [3.05, 3.63) is 24.3 Å². The molecule has 0 spiro atoms. The fourth-order valence-corrected chi connectivity index (χ4v) is 2.40. The van der Waals surface area contributed by atoms with E-state index in [9.17, 15) is 4.79 Å². The first-order valence-electron chi connectivity index (χ1n) is 8.35. The van der Waals surface area contributed by atoms with Gasteiger partial charge in [0.15, 0.2) is 0 Å². The molecule has 0 unspecified atom stereocenters. The molecule has 6 heteroatoms. The molecule has 1 aliphatic rings. The second-order valence-electron chi connectivity index (χ2n) is 6.97. The first-order chi connectivity index (χ1) is 11.4. The fourth-order valence-electron chi connectivity index (χ4n) is 2.40. The van der Waals surface area contributed by atoms with E-state index in [1.807, 2.05) is 45.0 Å². The van der Waals surface area contributed by atoms with E-state index in [-0.39, 0.29) is 0 Å². The number of carbonyl (C=O) groups excluding carboxylic acids is 1. The lowest BCUT2D eigenvalue weighted by atomic mass is 9.89. The smallest absolute Gasteiger partial charge is 0.407 e. The highest BCUT2D eigenvalue weighted by atomic mass is 16.6. The zero-order valence-corrected chi connectivity index (χ0v) is 14.9. The predicted octanol–water partition coefficient (Wildman–Crippen LogP) is 3.18. The van der Waals surface area contributed by atoms with Crippen LogP contribution in [0, 0.1) is 0 Å². The molecule has 0 bridgehead atoms. The molecular formula is C18H28N2O4. The third-order valence-corrected chi connectivity index (χ3v) is 3.69. The molecule has 6 nitrogen and oxygen atoms in total. The molecule has 24 heavy (non-hydrogen) atoms. The molecule has 2 N–H and O–H groups in total. The van der Waals surface area contributed by atoms with Crippen molar-refractivity contribution in [2.45, 2.75) is 51.4 Å². The van der Waals surface area contributed by atoms with Gasteiger partial charge in [0.25, 0.3) is 0 Å². The van der Waals surface area contributed by atoms with Crippen LogP contribution in [0.2, 0.25) is 0 Å². The van der Waals surface area contributed by atoms with Crippen LogP contribution in [-0.2, 0) is 9.47 Å². The van der Waals surface area contributed by atoms with Gasteiger partial charge in [0.2, 0.25) is 0 Å². The van der Waals surface area contributed by atoms with E-state index in [2.05, 4.69) is 10.6 Å². The molecule has 0 aromatic heterocycles. The van der Waals surface area contributed by atoms with Gasteiger partial charge in [0.05, 0.1) is 12.6 Å². The number of carbonyl (C=O) groups is 1. The lowest BCUT2D eigenvalue weighted by Crippen LogP contribution is -2.40. The first-order valence-corrected chi connectivity index (χ1v) is 8.35. The third-order valence-electron chi connectivity index (χ3n) is 3.69. The highest BCUT2D eigenvalue weighted by Crippen LogP contribution is 2.27. The van der Waals surface area contributed by atoms with Gasteiger partial charge in [-0.05, 0) is 57.9 Å². The lowest BCUT2D eigenvalue weighted by molar-refractivity contribution is 0.0328. The number of rotatable bonds is 7. The van der Waals surface area contributed by atoms with Crippen molar-refractivity contribution in [2.24, 2.45) is 0 Å². The predicted molar refractivity (Wildman–Crippen MR) is 93.6 cm³/mol. The molecule has 1 aliphatic carbocycles. The summed E-state index contributed by atoms with van der Waals surface area (Å²) in [6.07, 6.45) is 2.05. The number of benzene rings is 1. The topological polar surface area (TPSA) is 68.8 Å². The molecule has 1 aromatic rings. The van der Waals surface area contributed by atoms with Crippen LogP contribution >= 0.6 is 0 Å². The van der Waals surface area contributed by atoms with Gasteiger partial charge in [0.1, 0.15) is 18.0 Å². The van der Waals surface area contributed by atoms with E-state index in [4.69, 9.17) is 14.2 Å². The minimum absolute atomic E-state index is 0.391. The minimum atomic E-state index is -0.489. The molecule has 0 heterocycles. The number of hydrogen-bond acceptors (Lipinski definition) is 5. The molecule has 1 amide bonds. The second kappa shape index (κ2) is 8.24. The van der Waals surface area contributed by atoms with Crippen LogP contribution in [0.5, 0.6) is 5.75 Å². The average molecular weight is 336 g/mol. The summed E-state index contributed by atoms with van der Waals surface area (Å²) in [4.78, 5) is 11.5. The van der Waals surface area contributed by atoms with Gasteiger partial charge in [-0.15, -0.1) is 0 Å². The van der Waals surface area contributed by atoms with Crippen molar-refractivity contribution in [3.8, 4) is 5.75 Å². The maximum Gasteiger partial charge on any atom is 0.407 e. The van der Waals surface area contributed by atoms with E-state index in [0.29, 0.717) is 25.3 Å². The molecule has 0 atom stereocenters. The minimum Gasteiger partial charge on any atom is -0.492 e. The summed E-state index contributed by atoms with van der Waals surface area (Å²) >= 11 is 0. The van der Waals surface area contributed by atoms with Crippen molar-refractivity contribution in [3.63, 3.8) is 0 Å². The Labute approximate surface area is 143 Å². The third kappa shape index (κ3) is 6.28. The Morgan fingerprint density at radius 1 is 1.21 bits per heavy atom. The van der Waals surface area contributed by atoms with Gasteiger partial charge in [0, 0.05) is 18.8 Å². The second-order valence-corrected chi connectivity index (χ2v) is 6.97. The van der Waals surface area contributed by atoms with E-state index >= 15 is 0 Å². The Balaban J connectivity index is 1.62. The number of hydrogen-bond donors (Lipinski definition) is 2. The van der Waals surface area contributed by atoms with Crippen LogP contribution in [0.4, 0.5) is 10.5 Å². The number of anilines is 1. The molecule has 0 aliphatic heterocycles. The Morgan fingerprint density at radius 3 is 2.46 bits per heavy atom. The largest absolute Gasteiger partial charge is 0.492 e. The number of methoxy groups -OCH3 is 1. The van der Waals surface area contributed by atoms with E-state index < -0.39 is 11.7 Å². The number of alkyl carbamates (subject to hydrolysis) is 1. The quantitative estimate of drug-likeness (QED) is 0.749. The average Bonchev–Trinajstić information content (AvgIpc) is 2.46. The number of ether oxygens (including phenoxy) is 3. The van der Waals surface area contributed by atoms with Crippen molar-refractivity contribution < 1.29 is 19.0 Å². The van der Waals surface area contributed by atoms with Gasteiger partial charge in [-0.3, -0.25) is 0 Å². The molecule has 0 radical (unpaired) electrons. The van der Waals surface area contributed by atoms with E-state index in [1.54, 1.807) is 7.11 Å². The summed E-state index contributed by atoms with van der Waals surface area (Å²) in [7, 11) is 1.75. The summed E-state index contributed by atoms with van der Waals surface area (Å²) in [5.74, 6) is 0.773. The highest BCUT2D eigenvalue weighted by molar-refractivity contribution is 5.67. The van der Waals surface area contributed by atoms with E-state index in [1.165, 1.54) is 0 Å². The molecule has 134 valence electrons. The molecule has 1 fully saturated rings. The summed E-state index contributed by atoms with van der Waals surface area (Å²) in [5, 5.41) is 6.13. The molecular weight excluding hydrogens is 308 g/mol. The van der Waals surface area contributed by atoms with Crippen LogP contribution in [-0.4, -0.2) is 44.1 Å². The van der Waals surface area contributed by atoms with Crippen LogP contribution in [0.3, 0.4) is 0 Å². The molecule has 1 saturated carbocycles. The Hall–Kier alpha value is -1.95. The van der Waals surface area contributed by atoms with Gasteiger partial charge >= 0.3 is 6.09 Å². The van der Waals surface area contributed by atoms with Crippen molar-refractivity contribution in [2.75, 3.05) is 25.6 Å². The highest BCUT2D eigenvalue weighted by Gasteiger charge is 2.28. The normalized spacial score (nSPS) is 20.0. The SMILES string of the molecule is COC1CC(Nc2ccc(OCCNC(=O)OC(C)(C)C)cc2)C1. The maximum atomic E-state index is 11.5. The van der Waals surface area contributed by atoms with Gasteiger partial charge in [-0.1, -0.05) is 0 Å². The maximum absolute atomic E-state index is 11.5. The summed E-state index contributed by atoms with van der Waals surface area (Å²) in [5.41, 5.74) is 0.589. The van der Waals surface area contributed by atoms with Crippen molar-refractivity contribution in [1.29, 1.82) is 0 Å². The zero-order valence-electron chi connectivity index (χ0n) is 14.9. The van der Waals surface area contributed by atoms with Crippen LogP contribution in [0.1, 0.15) is 33.6 Å². The summed E-state index contributed by atoms with van der Waals surface area (Å²) < 4.78 is 16.0. The number of nitrogens with one attached hydrogen (secondary N) is 2. The number of amides is 1. The van der Waals surface area contributed by atoms with Gasteiger partial charge < -0.3 is 24.8 Å². The fraction of sp³-hybridized carbons (Fsp3) is 0.611. The lowest BCUT2D eigenvalue weighted by Gasteiger charge is -2.35. The standard InChI is InChI=1S/C18H28N2O4/c1-18(2,3)24-17(21)19-9-10-23-15-7-5-13(6-8-15)20-14-11-16(12-14)22-4/h5-8,14,16,20H,9-12H2,1-4H3,(H,19,21). The molecule has 0 saturated heterocycles. The Kier molecular flexibility index (Phi) is 6.31. The van der Waals surface area contributed by atoms with Crippen molar-refractivity contribution >= 4 is 11.8 Å². The molecule has 2 rings (SSSR count). The van der Waals surface area contributed by atoms with Crippen molar-refractivity contribution in [1.82, 2.24) is 5.32 Å². The molecule has 1 aromatic carbocycles. The van der Waals surface area contributed by atoms with Crippen LogP contribution in [0.25, 0.3) is 0 Å². The van der Waals surface area contributed by atoms with E-state index in [0.717, 1.165) is 24.3 Å². The summed E-state index contributed by atoms with van der Waals surface area (Å²) in [6, 6.07) is 8.32. The zero-order chi connectivity index (χ0) is 17.6. The van der Waals surface area contributed by atoms with Gasteiger partial charge in [-0.2, -0.15) is 0 Å². The van der Waals surface area contributed by atoms with Crippen LogP contribution < -0.4 is 15.4 Å². The Morgan fingerprint density at radius 2 is 1.88 bits per heavy atom. The monoisotopic (exact) mass is 336 g/mol. The van der Waals surface area contributed by atoms with Crippen LogP contribution in [0.15, 0.2) is 24.3 Å². The summed E-state index contributed by atoms with van der Waals surface area (Å²) in [6.45, 7) is 6.28. The first kappa shape index (κ1) is 18.4.